The van der Waals surface area contributed by atoms with Crippen molar-refractivity contribution in [2.24, 2.45) is 0 Å². The molecule has 1 aliphatic heterocycles. The molecule has 0 saturated carbocycles. The quantitative estimate of drug-likeness (QED) is 0.331. The van der Waals surface area contributed by atoms with Gasteiger partial charge in [0.15, 0.2) is 11.5 Å². The number of alkyl halides is 3. The maximum atomic E-state index is 12.8. The molecule has 5 rings (SSSR count). The van der Waals surface area contributed by atoms with Crippen molar-refractivity contribution in [1.29, 1.82) is 0 Å². The van der Waals surface area contributed by atoms with Gasteiger partial charge in [-0.15, -0.1) is 0 Å². The van der Waals surface area contributed by atoms with E-state index in [4.69, 9.17) is 0 Å². The van der Waals surface area contributed by atoms with Gasteiger partial charge in [-0.25, -0.2) is 9.97 Å². The van der Waals surface area contributed by atoms with E-state index in [1.54, 1.807) is 31.5 Å². The third-order valence-corrected chi connectivity index (χ3v) is 7.39. The molecule has 0 bridgehead atoms. The Morgan fingerprint density at radius 1 is 1.08 bits per heavy atom. The van der Waals surface area contributed by atoms with Crippen LogP contribution in [-0.4, -0.2) is 61.8 Å². The summed E-state index contributed by atoms with van der Waals surface area (Å²) in [6, 6.07) is 10.5. The number of aromatic nitrogens is 5. The number of benzene rings is 1. The van der Waals surface area contributed by atoms with E-state index in [9.17, 15) is 22.5 Å². The molecule has 14 heteroatoms. The van der Waals surface area contributed by atoms with Crippen LogP contribution in [0.25, 0.3) is 11.2 Å². The number of H-pyrrole nitrogens is 1. The van der Waals surface area contributed by atoms with Gasteiger partial charge in [-0.2, -0.15) is 23.1 Å². The number of aromatic amines is 1. The van der Waals surface area contributed by atoms with Gasteiger partial charge in [0, 0.05) is 30.5 Å². The lowest BCUT2D eigenvalue weighted by Gasteiger charge is -2.29. The summed E-state index contributed by atoms with van der Waals surface area (Å²) in [5, 5.41) is 6.92. The minimum Gasteiger partial charge on any atom is -0.340 e. The second kappa shape index (κ2) is 9.15. The van der Waals surface area contributed by atoms with Crippen molar-refractivity contribution in [3.8, 4) is 0 Å². The maximum absolute atomic E-state index is 12.8. The Morgan fingerprint density at radius 2 is 1.86 bits per heavy atom. The average molecular weight is 530 g/mol. The molecule has 37 heavy (non-hydrogen) atoms. The first-order valence-corrected chi connectivity index (χ1v) is 13.8. The van der Waals surface area contributed by atoms with Crippen molar-refractivity contribution in [2.45, 2.75) is 19.1 Å². The molecule has 3 N–H and O–H groups in total. The molecule has 192 valence electrons. The summed E-state index contributed by atoms with van der Waals surface area (Å²) in [7, 11) is -2.58. The number of imidazole rings is 1. The highest BCUT2D eigenvalue weighted by Gasteiger charge is 2.43. The number of rotatable bonds is 5. The molecular weight excluding hydrogens is 508 g/mol. The second-order valence-corrected chi connectivity index (χ2v) is 12.1. The van der Waals surface area contributed by atoms with Gasteiger partial charge in [-0.3, -0.25) is 4.79 Å². The molecular formula is C23H22F3N8O2P. The SMILES string of the molecule is CP(C)(=O)c1ccccc1Nc1nc(Nc2ccc3c(n2)CCN(C(=O)C(F)(F)F)C3)nc2nc[nH]c12. The lowest BCUT2D eigenvalue weighted by molar-refractivity contribution is -0.186. The van der Waals surface area contributed by atoms with Crippen LogP contribution in [0.1, 0.15) is 11.3 Å². The average Bonchev–Trinajstić information content (AvgIpc) is 3.31. The van der Waals surface area contributed by atoms with E-state index in [2.05, 4.69) is 35.6 Å². The molecule has 0 aliphatic carbocycles. The first-order chi connectivity index (χ1) is 17.5. The fourth-order valence-corrected chi connectivity index (χ4v) is 5.26. The van der Waals surface area contributed by atoms with Crippen LogP contribution in [0, 0.1) is 0 Å². The summed E-state index contributed by atoms with van der Waals surface area (Å²) in [5.74, 6) is -0.870. The molecule has 10 nitrogen and oxygen atoms in total. The molecule has 0 saturated heterocycles. The molecule has 0 spiro atoms. The smallest absolute Gasteiger partial charge is 0.340 e. The first-order valence-electron chi connectivity index (χ1n) is 11.2. The lowest BCUT2D eigenvalue weighted by Crippen LogP contribution is -2.43. The van der Waals surface area contributed by atoms with Gasteiger partial charge < -0.3 is 25.1 Å². The molecule has 0 unspecified atom stereocenters. The van der Waals surface area contributed by atoms with Crippen LogP contribution in [0.3, 0.4) is 0 Å². The molecule has 3 aromatic heterocycles. The molecule has 0 fully saturated rings. The number of halogens is 3. The van der Waals surface area contributed by atoms with E-state index in [1.807, 2.05) is 18.2 Å². The number of carbonyl (C=O) groups excluding carboxylic acids is 1. The number of hydrogen-bond donors (Lipinski definition) is 3. The van der Waals surface area contributed by atoms with Crippen molar-refractivity contribution in [1.82, 2.24) is 29.8 Å². The van der Waals surface area contributed by atoms with Crippen LogP contribution in [0.5, 0.6) is 0 Å². The van der Waals surface area contributed by atoms with Crippen LogP contribution >= 0.6 is 7.14 Å². The molecule has 4 heterocycles. The minimum atomic E-state index is -4.91. The number of nitrogens with one attached hydrogen (secondary N) is 3. The van der Waals surface area contributed by atoms with Crippen molar-refractivity contribution in [3.05, 3.63) is 54.0 Å². The lowest BCUT2D eigenvalue weighted by atomic mass is 10.1. The van der Waals surface area contributed by atoms with Gasteiger partial charge in [0.05, 0.1) is 12.0 Å². The minimum absolute atomic E-state index is 0.0796. The summed E-state index contributed by atoms with van der Waals surface area (Å²) >= 11 is 0. The highest BCUT2D eigenvalue weighted by molar-refractivity contribution is 7.70. The van der Waals surface area contributed by atoms with Gasteiger partial charge in [0.25, 0.3) is 0 Å². The largest absolute Gasteiger partial charge is 0.471 e. The van der Waals surface area contributed by atoms with Crippen molar-refractivity contribution < 1.29 is 22.5 Å². The zero-order chi connectivity index (χ0) is 26.4. The number of anilines is 4. The van der Waals surface area contributed by atoms with Gasteiger partial charge in [-0.1, -0.05) is 18.2 Å². The molecule has 0 atom stereocenters. The van der Waals surface area contributed by atoms with Crippen LogP contribution in [0.2, 0.25) is 0 Å². The predicted molar refractivity (Wildman–Crippen MR) is 133 cm³/mol. The van der Waals surface area contributed by atoms with Crippen LogP contribution < -0.4 is 15.9 Å². The molecule has 0 radical (unpaired) electrons. The molecule has 1 aromatic carbocycles. The number of hydrogen-bond acceptors (Lipinski definition) is 8. The first kappa shape index (κ1) is 24.7. The van der Waals surface area contributed by atoms with Crippen LogP contribution in [0.15, 0.2) is 42.7 Å². The van der Waals surface area contributed by atoms with E-state index in [0.717, 1.165) is 4.90 Å². The number of amides is 1. The normalized spacial score (nSPS) is 13.9. The Balaban J connectivity index is 1.41. The van der Waals surface area contributed by atoms with Gasteiger partial charge >= 0.3 is 12.1 Å². The van der Waals surface area contributed by atoms with E-state index < -0.39 is 19.2 Å². The maximum Gasteiger partial charge on any atom is 0.471 e. The standard InChI is InChI=1S/C23H22F3N8O2P/c1-37(2,36)16-6-4-3-5-15(16)30-20-18-19(28-12-27-18)32-22(33-20)31-17-8-7-13-11-34(10-9-14(13)29-17)21(35)23(24,25)26/h3-8,12H,9-11H2,1-2H3,(H3,27,28,29,30,31,32,33). The predicted octanol–water partition coefficient (Wildman–Crippen LogP) is 3.93. The molecule has 4 aromatic rings. The topological polar surface area (TPSA) is 129 Å². The van der Waals surface area contributed by atoms with E-state index in [0.29, 0.717) is 45.0 Å². The van der Waals surface area contributed by atoms with Gasteiger partial charge in [-0.05, 0) is 37.1 Å². The van der Waals surface area contributed by atoms with E-state index >= 15 is 0 Å². The van der Waals surface area contributed by atoms with Crippen molar-refractivity contribution >= 4 is 52.8 Å². The number of nitrogens with zero attached hydrogens (tertiary/aromatic N) is 5. The summed E-state index contributed by atoms with van der Waals surface area (Å²) in [4.78, 5) is 33.0. The van der Waals surface area contributed by atoms with Crippen LogP contribution in [-0.2, 0) is 22.3 Å². The van der Waals surface area contributed by atoms with Gasteiger partial charge in [0.2, 0.25) is 5.95 Å². The summed E-state index contributed by atoms with van der Waals surface area (Å²) in [5.41, 5.74) is 2.70. The summed E-state index contributed by atoms with van der Waals surface area (Å²) < 4.78 is 51.2. The number of pyridine rings is 1. The second-order valence-electron chi connectivity index (χ2n) is 8.89. The Kier molecular flexibility index (Phi) is 6.10. The number of carbonyl (C=O) groups is 1. The molecule has 1 aliphatic rings. The zero-order valence-electron chi connectivity index (χ0n) is 19.8. The highest BCUT2D eigenvalue weighted by atomic mass is 31.2. The summed E-state index contributed by atoms with van der Waals surface area (Å²) in [6.07, 6.45) is -3.24. The molecule has 1 amide bonds. The Morgan fingerprint density at radius 3 is 2.62 bits per heavy atom. The van der Waals surface area contributed by atoms with E-state index in [-0.39, 0.29) is 25.5 Å². The van der Waals surface area contributed by atoms with Crippen LogP contribution in [0.4, 0.5) is 36.4 Å². The Hall–Kier alpha value is -3.99. The zero-order valence-corrected chi connectivity index (χ0v) is 20.7. The fourth-order valence-electron chi connectivity index (χ4n) is 4.11. The highest BCUT2D eigenvalue weighted by Crippen LogP contribution is 2.38. The Labute approximate surface area is 209 Å². The number of para-hydroxylation sites is 1. The van der Waals surface area contributed by atoms with E-state index in [1.165, 1.54) is 6.33 Å². The third-order valence-electron chi connectivity index (χ3n) is 5.84. The third kappa shape index (κ3) is 5.12. The fraction of sp³-hybridized carbons (Fsp3) is 0.261. The number of fused-ring (bicyclic) bond motifs is 2. The summed E-state index contributed by atoms with van der Waals surface area (Å²) in [6.45, 7) is 3.13. The van der Waals surface area contributed by atoms with Crippen molar-refractivity contribution in [2.75, 3.05) is 30.5 Å². The van der Waals surface area contributed by atoms with Gasteiger partial charge in [0.1, 0.15) is 18.5 Å². The monoisotopic (exact) mass is 530 g/mol. The Bertz CT molecular complexity index is 1550. The van der Waals surface area contributed by atoms with Crippen molar-refractivity contribution in [3.63, 3.8) is 0 Å².